The first kappa shape index (κ1) is 20.2. The Labute approximate surface area is 194 Å². The standard InChI is InChI=1S/C24H18ClN3OS2/c1-15-7-6-10-18(13-15)28-22(29)21(31-24(28)26-17-8-4-3-5-9-17)23-27(2)19-14-16(25)11-12-20(19)30-23/h3-14H,1-2H3/b23-21-,26-24?. The van der Waals surface area contributed by atoms with Crippen LogP contribution in [-0.4, -0.2) is 18.1 Å². The van der Waals surface area contributed by atoms with Crippen LogP contribution in [0.2, 0.25) is 5.02 Å². The molecule has 2 heterocycles. The molecule has 0 spiro atoms. The molecule has 0 saturated carbocycles. The third-order valence-electron chi connectivity index (χ3n) is 5.01. The zero-order chi connectivity index (χ0) is 21.5. The summed E-state index contributed by atoms with van der Waals surface area (Å²) in [6.45, 7) is 2.02. The Morgan fingerprint density at radius 1 is 0.935 bits per heavy atom. The number of para-hydroxylation sites is 1. The number of amidine groups is 1. The number of carbonyl (C=O) groups is 1. The van der Waals surface area contributed by atoms with Crippen LogP contribution in [0.25, 0.3) is 0 Å². The Morgan fingerprint density at radius 2 is 1.74 bits per heavy atom. The molecule has 0 N–H and O–H groups in total. The highest BCUT2D eigenvalue weighted by molar-refractivity contribution is 8.20. The van der Waals surface area contributed by atoms with E-state index in [1.807, 2.05) is 91.7 Å². The monoisotopic (exact) mass is 463 g/mol. The van der Waals surface area contributed by atoms with Gasteiger partial charge in [0, 0.05) is 17.0 Å². The lowest BCUT2D eigenvalue weighted by atomic mass is 10.2. The van der Waals surface area contributed by atoms with Gasteiger partial charge in [0.15, 0.2) is 5.17 Å². The minimum absolute atomic E-state index is 0.0708. The largest absolute Gasteiger partial charge is 0.337 e. The molecule has 31 heavy (non-hydrogen) atoms. The van der Waals surface area contributed by atoms with Crippen molar-refractivity contribution in [3.8, 4) is 0 Å². The van der Waals surface area contributed by atoms with E-state index in [0.717, 1.165) is 32.6 Å². The number of rotatable bonds is 2. The summed E-state index contributed by atoms with van der Waals surface area (Å²) in [5, 5.41) is 2.21. The maximum absolute atomic E-state index is 13.7. The number of hydrogen-bond donors (Lipinski definition) is 0. The Bertz CT molecular complexity index is 1260. The van der Waals surface area contributed by atoms with Gasteiger partial charge in [-0.25, -0.2) is 4.99 Å². The third-order valence-corrected chi connectivity index (χ3v) is 7.64. The van der Waals surface area contributed by atoms with E-state index in [0.29, 0.717) is 15.1 Å². The zero-order valence-electron chi connectivity index (χ0n) is 16.9. The second-order valence-electron chi connectivity index (χ2n) is 7.22. The molecule has 4 nitrogen and oxygen atoms in total. The molecule has 3 aromatic rings. The minimum Gasteiger partial charge on any atom is -0.337 e. The normalized spacial score (nSPS) is 19.5. The molecule has 2 aliphatic rings. The van der Waals surface area contributed by atoms with Crippen molar-refractivity contribution in [2.75, 3.05) is 16.8 Å². The Kier molecular flexibility index (Phi) is 5.30. The van der Waals surface area contributed by atoms with Crippen LogP contribution in [0.4, 0.5) is 17.1 Å². The number of aryl methyl sites for hydroxylation is 1. The molecule has 0 aliphatic carbocycles. The van der Waals surface area contributed by atoms with E-state index >= 15 is 0 Å². The first-order valence-electron chi connectivity index (χ1n) is 9.69. The maximum Gasteiger partial charge on any atom is 0.274 e. The quantitative estimate of drug-likeness (QED) is 0.390. The minimum atomic E-state index is -0.0708. The number of thioether (sulfide) groups is 2. The van der Waals surface area contributed by atoms with E-state index in [2.05, 4.69) is 0 Å². The zero-order valence-corrected chi connectivity index (χ0v) is 19.3. The number of amides is 1. The molecule has 0 radical (unpaired) electrons. The van der Waals surface area contributed by atoms with E-state index in [1.165, 1.54) is 11.8 Å². The number of halogens is 1. The molecule has 1 amide bonds. The Morgan fingerprint density at radius 3 is 2.52 bits per heavy atom. The Hall–Kier alpha value is -2.67. The van der Waals surface area contributed by atoms with Gasteiger partial charge in [0.1, 0.15) is 4.91 Å². The highest BCUT2D eigenvalue weighted by atomic mass is 35.5. The summed E-state index contributed by atoms with van der Waals surface area (Å²) in [7, 11) is 1.97. The lowest BCUT2D eigenvalue weighted by Gasteiger charge is -2.17. The fourth-order valence-corrected chi connectivity index (χ4v) is 6.00. The SMILES string of the molecule is Cc1cccc(N2C(=O)/C(=C3/Sc4ccc(Cl)cc4N3C)SC2=Nc2ccccc2)c1. The number of benzene rings is 3. The van der Waals surface area contributed by atoms with Crippen LogP contribution in [0.1, 0.15) is 5.56 Å². The van der Waals surface area contributed by atoms with Crippen LogP contribution in [0, 0.1) is 6.92 Å². The van der Waals surface area contributed by atoms with Gasteiger partial charge in [-0.15, -0.1) is 0 Å². The van der Waals surface area contributed by atoms with Crippen LogP contribution >= 0.6 is 35.1 Å². The first-order chi connectivity index (χ1) is 15.0. The van der Waals surface area contributed by atoms with Gasteiger partial charge in [0.25, 0.3) is 5.91 Å². The lowest BCUT2D eigenvalue weighted by Crippen LogP contribution is -2.29. The average Bonchev–Trinajstić information content (AvgIpc) is 3.25. The second kappa shape index (κ2) is 8.11. The first-order valence-corrected chi connectivity index (χ1v) is 11.7. The summed E-state index contributed by atoms with van der Waals surface area (Å²) in [4.78, 5) is 24.0. The van der Waals surface area contributed by atoms with Crippen molar-refractivity contribution < 1.29 is 4.79 Å². The van der Waals surface area contributed by atoms with Crippen molar-refractivity contribution in [3.63, 3.8) is 0 Å². The van der Waals surface area contributed by atoms with Crippen LogP contribution in [0.5, 0.6) is 0 Å². The predicted octanol–water partition coefficient (Wildman–Crippen LogP) is 6.83. The number of hydrogen-bond acceptors (Lipinski definition) is 5. The molecular formula is C24H18ClN3OS2. The summed E-state index contributed by atoms with van der Waals surface area (Å²) in [5.41, 5.74) is 3.71. The van der Waals surface area contributed by atoms with Gasteiger partial charge in [-0.2, -0.15) is 0 Å². The van der Waals surface area contributed by atoms with E-state index in [4.69, 9.17) is 16.6 Å². The van der Waals surface area contributed by atoms with Crippen molar-refractivity contribution in [2.45, 2.75) is 11.8 Å². The summed E-state index contributed by atoms with van der Waals surface area (Å²) < 4.78 is 0. The molecule has 1 fully saturated rings. The van der Waals surface area contributed by atoms with Gasteiger partial charge in [-0.05, 0) is 66.7 Å². The molecule has 1 saturated heterocycles. The topological polar surface area (TPSA) is 35.9 Å². The predicted molar refractivity (Wildman–Crippen MR) is 133 cm³/mol. The summed E-state index contributed by atoms with van der Waals surface area (Å²) >= 11 is 9.20. The van der Waals surface area contributed by atoms with Crippen molar-refractivity contribution in [1.82, 2.24) is 0 Å². The van der Waals surface area contributed by atoms with Crippen LogP contribution in [0.3, 0.4) is 0 Å². The van der Waals surface area contributed by atoms with Crippen molar-refractivity contribution in [2.24, 2.45) is 4.99 Å². The number of carbonyl (C=O) groups excluding carboxylic acids is 1. The van der Waals surface area contributed by atoms with Gasteiger partial charge in [-0.1, -0.05) is 53.7 Å². The highest BCUT2D eigenvalue weighted by Crippen LogP contribution is 2.51. The molecule has 154 valence electrons. The van der Waals surface area contributed by atoms with Crippen LogP contribution in [0.15, 0.2) is 92.6 Å². The number of fused-ring (bicyclic) bond motifs is 1. The molecule has 0 aromatic heterocycles. The molecule has 2 aliphatic heterocycles. The molecule has 0 unspecified atom stereocenters. The third kappa shape index (κ3) is 3.76. The van der Waals surface area contributed by atoms with Gasteiger partial charge < -0.3 is 4.90 Å². The van der Waals surface area contributed by atoms with E-state index in [1.54, 1.807) is 16.7 Å². The van der Waals surface area contributed by atoms with Crippen molar-refractivity contribution >= 4 is 63.3 Å². The van der Waals surface area contributed by atoms with Gasteiger partial charge in [0.2, 0.25) is 0 Å². The average molecular weight is 464 g/mol. The van der Waals surface area contributed by atoms with Gasteiger partial charge >= 0.3 is 0 Å². The number of nitrogens with zero attached hydrogens (tertiary/aromatic N) is 3. The van der Waals surface area contributed by atoms with E-state index in [9.17, 15) is 4.79 Å². The summed E-state index contributed by atoms with van der Waals surface area (Å²) in [6.07, 6.45) is 0. The van der Waals surface area contributed by atoms with Crippen molar-refractivity contribution in [3.05, 3.63) is 93.3 Å². The molecule has 5 rings (SSSR count). The Balaban J connectivity index is 1.62. The number of aliphatic imine (C=N–C) groups is 1. The summed E-state index contributed by atoms with van der Waals surface area (Å²) in [6, 6.07) is 23.4. The van der Waals surface area contributed by atoms with Gasteiger partial charge in [-0.3, -0.25) is 9.69 Å². The molecule has 3 aromatic carbocycles. The fourth-order valence-electron chi connectivity index (χ4n) is 3.50. The maximum atomic E-state index is 13.7. The van der Waals surface area contributed by atoms with Crippen LogP contribution < -0.4 is 9.80 Å². The smallest absolute Gasteiger partial charge is 0.274 e. The number of anilines is 2. The molecular weight excluding hydrogens is 446 g/mol. The molecule has 0 bridgehead atoms. The van der Waals surface area contributed by atoms with Crippen LogP contribution in [-0.2, 0) is 4.79 Å². The second-order valence-corrected chi connectivity index (χ2v) is 9.66. The molecule has 7 heteroatoms. The van der Waals surface area contributed by atoms with E-state index in [-0.39, 0.29) is 5.91 Å². The van der Waals surface area contributed by atoms with Crippen molar-refractivity contribution in [1.29, 1.82) is 0 Å². The van der Waals surface area contributed by atoms with E-state index < -0.39 is 0 Å². The van der Waals surface area contributed by atoms with Gasteiger partial charge in [0.05, 0.1) is 22.1 Å². The molecule has 0 atom stereocenters. The fraction of sp³-hybridized carbons (Fsp3) is 0.0833. The lowest BCUT2D eigenvalue weighted by molar-refractivity contribution is -0.113. The highest BCUT2D eigenvalue weighted by Gasteiger charge is 2.40. The summed E-state index contributed by atoms with van der Waals surface area (Å²) in [5.74, 6) is -0.0708.